The topological polar surface area (TPSA) is 66.5 Å². The lowest BCUT2D eigenvalue weighted by Crippen LogP contribution is -2.37. The van der Waals surface area contributed by atoms with Crippen LogP contribution in [0, 0.1) is 18.6 Å². The van der Waals surface area contributed by atoms with Crippen LogP contribution in [0.3, 0.4) is 0 Å². The molecule has 0 bridgehead atoms. The number of carbonyl (C=O) groups is 1. The van der Waals surface area contributed by atoms with Crippen LogP contribution in [0.25, 0.3) is 0 Å². The zero-order valence-corrected chi connectivity index (χ0v) is 19.1. The Morgan fingerprint density at radius 1 is 0.969 bits per heavy atom. The van der Waals surface area contributed by atoms with Gasteiger partial charge in [-0.2, -0.15) is 4.31 Å². The summed E-state index contributed by atoms with van der Waals surface area (Å²) in [5.74, 6) is -2.94. The lowest BCUT2D eigenvalue weighted by molar-refractivity contribution is -0.116. The van der Waals surface area contributed by atoms with E-state index < -0.39 is 34.1 Å². The minimum atomic E-state index is -4.10. The molecule has 0 fully saturated rings. The highest BCUT2D eigenvalue weighted by Crippen LogP contribution is 2.25. The predicted octanol–water partition coefficient (Wildman–Crippen LogP) is 5.41. The van der Waals surface area contributed by atoms with Crippen LogP contribution in [0.2, 0.25) is 10.0 Å². The number of carbonyl (C=O) groups excluding carboxylic acids is 1. The van der Waals surface area contributed by atoms with Crippen LogP contribution in [0.4, 0.5) is 14.5 Å². The van der Waals surface area contributed by atoms with Gasteiger partial charge in [0, 0.05) is 28.3 Å². The average molecular weight is 499 g/mol. The average Bonchev–Trinajstić information content (AvgIpc) is 2.72. The van der Waals surface area contributed by atoms with Gasteiger partial charge in [-0.3, -0.25) is 4.79 Å². The highest BCUT2D eigenvalue weighted by Gasteiger charge is 2.27. The Morgan fingerprint density at radius 3 is 2.28 bits per heavy atom. The van der Waals surface area contributed by atoms with Crippen LogP contribution in [0.5, 0.6) is 0 Å². The van der Waals surface area contributed by atoms with Gasteiger partial charge >= 0.3 is 0 Å². The molecule has 0 saturated carbocycles. The summed E-state index contributed by atoms with van der Waals surface area (Å²) in [6, 6.07) is 13.6. The number of rotatable bonds is 7. The first-order valence-electron chi connectivity index (χ1n) is 9.32. The Kier molecular flexibility index (Phi) is 7.51. The molecule has 3 aromatic rings. The zero-order valence-electron chi connectivity index (χ0n) is 16.8. The number of sulfonamides is 1. The molecule has 0 radical (unpaired) electrons. The van der Waals surface area contributed by atoms with E-state index in [-0.39, 0.29) is 22.2 Å². The van der Waals surface area contributed by atoms with E-state index in [1.165, 1.54) is 24.3 Å². The Labute approximate surface area is 194 Å². The zero-order chi connectivity index (χ0) is 23.5. The first-order chi connectivity index (χ1) is 15.1. The number of halogens is 4. The Hall–Kier alpha value is -2.52. The molecular formula is C22H18Cl2F2N2O3S. The van der Waals surface area contributed by atoms with E-state index in [4.69, 9.17) is 23.2 Å². The molecule has 10 heteroatoms. The SMILES string of the molecule is Cc1ccc(S(=O)(=O)N(CC(=O)Nc2ccc(F)c(F)c2)Cc2ccc(Cl)cc2Cl)cc1. The summed E-state index contributed by atoms with van der Waals surface area (Å²) in [5, 5.41) is 2.99. The van der Waals surface area contributed by atoms with Gasteiger partial charge < -0.3 is 5.32 Å². The number of nitrogens with one attached hydrogen (secondary N) is 1. The summed E-state index contributed by atoms with van der Waals surface area (Å²) in [6.45, 7) is 1.02. The number of amides is 1. The highest BCUT2D eigenvalue weighted by atomic mass is 35.5. The lowest BCUT2D eigenvalue weighted by Gasteiger charge is -2.22. The van der Waals surface area contributed by atoms with Gasteiger partial charge in [-0.15, -0.1) is 0 Å². The van der Waals surface area contributed by atoms with Crippen molar-refractivity contribution < 1.29 is 22.0 Å². The van der Waals surface area contributed by atoms with Gasteiger partial charge in [0.2, 0.25) is 15.9 Å². The predicted molar refractivity (Wildman–Crippen MR) is 120 cm³/mol. The summed E-state index contributed by atoms with van der Waals surface area (Å²) in [4.78, 5) is 12.6. The highest BCUT2D eigenvalue weighted by molar-refractivity contribution is 7.89. The van der Waals surface area contributed by atoms with E-state index in [9.17, 15) is 22.0 Å². The minimum absolute atomic E-state index is 0.00573. The maximum absolute atomic E-state index is 13.4. The molecule has 0 saturated heterocycles. The minimum Gasteiger partial charge on any atom is -0.325 e. The van der Waals surface area contributed by atoms with Crippen molar-refractivity contribution in [1.29, 1.82) is 0 Å². The Balaban J connectivity index is 1.91. The van der Waals surface area contributed by atoms with Crippen molar-refractivity contribution in [1.82, 2.24) is 4.31 Å². The van der Waals surface area contributed by atoms with Crippen molar-refractivity contribution in [3.05, 3.63) is 93.5 Å². The largest absolute Gasteiger partial charge is 0.325 e. The van der Waals surface area contributed by atoms with Crippen molar-refractivity contribution in [2.75, 3.05) is 11.9 Å². The number of anilines is 1. The van der Waals surface area contributed by atoms with E-state index in [0.717, 1.165) is 22.0 Å². The van der Waals surface area contributed by atoms with Crippen molar-refractivity contribution in [2.24, 2.45) is 0 Å². The van der Waals surface area contributed by atoms with Crippen LogP contribution >= 0.6 is 23.2 Å². The molecular weight excluding hydrogens is 481 g/mol. The molecule has 1 N–H and O–H groups in total. The monoisotopic (exact) mass is 498 g/mol. The Bertz CT molecular complexity index is 1250. The van der Waals surface area contributed by atoms with Crippen LogP contribution in [0.15, 0.2) is 65.6 Å². The molecule has 0 aliphatic heterocycles. The third kappa shape index (κ3) is 5.83. The van der Waals surface area contributed by atoms with Gasteiger partial charge in [-0.05, 0) is 48.9 Å². The second kappa shape index (κ2) is 9.95. The number of nitrogens with zero attached hydrogens (tertiary/aromatic N) is 1. The fourth-order valence-electron chi connectivity index (χ4n) is 2.86. The Morgan fingerprint density at radius 2 is 1.66 bits per heavy atom. The molecule has 3 rings (SSSR count). The van der Waals surface area contributed by atoms with E-state index in [1.807, 2.05) is 6.92 Å². The van der Waals surface area contributed by atoms with Crippen LogP contribution in [-0.2, 0) is 21.4 Å². The van der Waals surface area contributed by atoms with Crippen LogP contribution in [0.1, 0.15) is 11.1 Å². The third-order valence-corrected chi connectivity index (χ3v) is 6.94. The summed E-state index contributed by atoms with van der Waals surface area (Å²) in [7, 11) is -4.10. The van der Waals surface area contributed by atoms with E-state index in [0.29, 0.717) is 10.6 Å². The van der Waals surface area contributed by atoms with Crippen molar-refractivity contribution >= 4 is 44.8 Å². The van der Waals surface area contributed by atoms with Crippen molar-refractivity contribution in [3.8, 4) is 0 Å². The van der Waals surface area contributed by atoms with Crippen LogP contribution < -0.4 is 5.32 Å². The molecule has 3 aromatic carbocycles. The van der Waals surface area contributed by atoms with Gasteiger partial charge in [0.25, 0.3) is 0 Å². The van der Waals surface area contributed by atoms with Gasteiger partial charge in [-0.1, -0.05) is 47.0 Å². The van der Waals surface area contributed by atoms with E-state index in [2.05, 4.69) is 5.32 Å². The number of hydrogen-bond donors (Lipinski definition) is 1. The normalized spacial score (nSPS) is 11.6. The fraction of sp³-hybridized carbons (Fsp3) is 0.136. The third-order valence-electron chi connectivity index (χ3n) is 4.54. The molecule has 0 spiro atoms. The molecule has 0 unspecified atom stereocenters. The standard InChI is InChI=1S/C22H18Cl2F2N2O3S/c1-14-2-7-18(8-3-14)32(30,31)28(12-15-4-5-16(23)10-19(15)24)13-22(29)27-17-6-9-20(25)21(26)11-17/h2-11H,12-13H2,1H3,(H,27,29). The molecule has 0 aromatic heterocycles. The smallest absolute Gasteiger partial charge is 0.243 e. The fourth-order valence-corrected chi connectivity index (χ4v) is 4.70. The van der Waals surface area contributed by atoms with Gasteiger partial charge in [0.1, 0.15) is 0 Å². The number of benzene rings is 3. The quantitative estimate of drug-likeness (QED) is 0.473. The van der Waals surface area contributed by atoms with Crippen molar-refractivity contribution in [2.45, 2.75) is 18.4 Å². The summed E-state index contributed by atoms with van der Waals surface area (Å²) >= 11 is 12.1. The summed E-state index contributed by atoms with van der Waals surface area (Å²) < 4.78 is 54.1. The molecule has 5 nitrogen and oxygen atoms in total. The molecule has 0 aliphatic rings. The molecule has 32 heavy (non-hydrogen) atoms. The van der Waals surface area contributed by atoms with Gasteiger partial charge in [-0.25, -0.2) is 17.2 Å². The van der Waals surface area contributed by atoms with E-state index in [1.54, 1.807) is 24.3 Å². The van der Waals surface area contributed by atoms with Crippen molar-refractivity contribution in [3.63, 3.8) is 0 Å². The maximum Gasteiger partial charge on any atom is 0.243 e. The molecule has 1 amide bonds. The molecule has 0 atom stereocenters. The number of hydrogen-bond acceptors (Lipinski definition) is 3. The summed E-state index contributed by atoms with van der Waals surface area (Å²) in [6.07, 6.45) is 0. The maximum atomic E-state index is 13.4. The second-order valence-corrected chi connectivity index (χ2v) is 9.78. The van der Waals surface area contributed by atoms with Gasteiger partial charge in [0.15, 0.2) is 11.6 Å². The number of aryl methyl sites for hydroxylation is 1. The second-order valence-electron chi connectivity index (χ2n) is 7.00. The van der Waals surface area contributed by atoms with E-state index >= 15 is 0 Å². The van der Waals surface area contributed by atoms with Gasteiger partial charge in [0.05, 0.1) is 11.4 Å². The molecule has 168 valence electrons. The molecule has 0 heterocycles. The lowest BCUT2D eigenvalue weighted by atomic mass is 10.2. The summed E-state index contributed by atoms with van der Waals surface area (Å²) in [5.41, 5.74) is 1.30. The van der Waals surface area contributed by atoms with Crippen LogP contribution in [-0.4, -0.2) is 25.2 Å². The first kappa shape index (κ1) is 24.1. The molecule has 0 aliphatic carbocycles. The first-order valence-corrected chi connectivity index (χ1v) is 11.5.